The van der Waals surface area contributed by atoms with Crippen LogP contribution in [0.4, 0.5) is 0 Å². The van der Waals surface area contributed by atoms with Gasteiger partial charge in [-0.3, -0.25) is 9.78 Å². The van der Waals surface area contributed by atoms with Gasteiger partial charge in [-0.2, -0.15) is 0 Å². The molecule has 0 radical (unpaired) electrons. The molecule has 0 aliphatic rings. The summed E-state index contributed by atoms with van der Waals surface area (Å²) in [5.74, 6) is -0.191. The molecule has 5 heteroatoms. The normalized spacial score (nSPS) is 10.0. The van der Waals surface area contributed by atoms with E-state index in [1.807, 2.05) is 18.5 Å². The van der Waals surface area contributed by atoms with E-state index >= 15 is 0 Å². The lowest BCUT2D eigenvalue weighted by molar-refractivity contribution is 0.0949. The first-order chi connectivity index (χ1) is 7.86. The summed E-state index contributed by atoms with van der Waals surface area (Å²) in [4.78, 5) is 22.3. The molecule has 0 aromatic carbocycles. The van der Waals surface area contributed by atoms with E-state index in [1.165, 1.54) is 24.2 Å². The monoisotopic (exact) mass is 216 g/mol. The van der Waals surface area contributed by atoms with E-state index in [0.29, 0.717) is 12.2 Å². The fourth-order valence-electron chi connectivity index (χ4n) is 1.34. The second-order valence-corrected chi connectivity index (χ2v) is 3.32. The van der Waals surface area contributed by atoms with E-state index in [4.69, 9.17) is 0 Å². The fourth-order valence-corrected chi connectivity index (χ4v) is 1.34. The van der Waals surface area contributed by atoms with Crippen LogP contribution in [0.2, 0.25) is 0 Å². The third-order valence-corrected chi connectivity index (χ3v) is 2.16. The number of aromatic amines is 1. The minimum absolute atomic E-state index is 0.191. The number of nitrogens with one attached hydrogen (secondary N) is 2. The highest BCUT2D eigenvalue weighted by Gasteiger charge is 2.05. The summed E-state index contributed by atoms with van der Waals surface area (Å²) in [5, 5.41) is 2.78. The number of H-pyrrole nitrogens is 1. The molecule has 0 aliphatic carbocycles. The molecule has 0 spiro atoms. The van der Waals surface area contributed by atoms with Crippen molar-refractivity contribution in [1.82, 2.24) is 20.3 Å². The van der Waals surface area contributed by atoms with Gasteiger partial charge in [-0.25, -0.2) is 4.98 Å². The molecule has 2 N–H and O–H groups in total. The maximum atomic E-state index is 11.6. The van der Waals surface area contributed by atoms with Crippen LogP contribution in [0.15, 0.2) is 37.1 Å². The molecule has 2 rings (SSSR count). The molecule has 2 heterocycles. The van der Waals surface area contributed by atoms with Crippen LogP contribution in [-0.4, -0.2) is 27.4 Å². The maximum Gasteiger partial charge on any atom is 0.271 e. The molecule has 0 saturated carbocycles. The number of hydrogen-bond acceptors (Lipinski definition) is 3. The Morgan fingerprint density at radius 1 is 1.44 bits per heavy atom. The molecular weight excluding hydrogens is 204 g/mol. The Labute approximate surface area is 92.9 Å². The van der Waals surface area contributed by atoms with Gasteiger partial charge in [0.15, 0.2) is 0 Å². The van der Waals surface area contributed by atoms with Crippen LogP contribution >= 0.6 is 0 Å². The van der Waals surface area contributed by atoms with Crippen molar-refractivity contribution in [2.24, 2.45) is 0 Å². The van der Waals surface area contributed by atoms with Gasteiger partial charge in [-0.1, -0.05) is 0 Å². The molecule has 0 saturated heterocycles. The summed E-state index contributed by atoms with van der Waals surface area (Å²) in [7, 11) is 0. The van der Waals surface area contributed by atoms with Gasteiger partial charge in [-0.15, -0.1) is 0 Å². The van der Waals surface area contributed by atoms with Gasteiger partial charge in [0, 0.05) is 31.3 Å². The minimum Gasteiger partial charge on any atom is -0.367 e. The molecule has 2 aromatic heterocycles. The number of rotatable bonds is 4. The van der Waals surface area contributed by atoms with Crippen molar-refractivity contribution in [3.63, 3.8) is 0 Å². The highest BCUT2D eigenvalue weighted by atomic mass is 16.1. The first kappa shape index (κ1) is 10.4. The average Bonchev–Trinajstić information content (AvgIpc) is 2.83. The number of amides is 1. The summed E-state index contributed by atoms with van der Waals surface area (Å²) in [5.41, 5.74) is 1.51. The van der Waals surface area contributed by atoms with Crippen LogP contribution < -0.4 is 5.32 Å². The minimum atomic E-state index is -0.191. The molecule has 0 atom stereocenters. The van der Waals surface area contributed by atoms with E-state index in [2.05, 4.69) is 20.3 Å². The van der Waals surface area contributed by atoms with E-state index in [0.717, 1.165) is 6.42 Å². The quantitative estimate of drug-likeness (QED) is 0.793. The third kappa shape index (κ3) is 2.66. The molecule has 0 unspecified atom stereocenters. The Kier molecular flexibility index (Phi) is 3.28. The molecule has 0 fully saturated rings. The van der Waals surface area contributed by atoms with Crippen LogP contribution in [0.25, 0.3) is 0 Å². The highest BCUT2D eigenvalue weighted by molar-refractivity contribution is 5.91. The molecule has 82 valence electrons. The third-order valence-electron chi connectivity index (χ3n) is 2.16. The van der Waals surface area contributed by atoms with Crippen molar-refractivity contribution in [2.45, 2.75) is 6.42 Å². The zero-order valence-corrected chi connectivity index (χ0v) is 8.68. The van der Waals surface area contributed by atoms with Gasteiger partial charge in [-0.05, 0) is 18.1 Å². The lowest BCUT2D eigenvalue weighted by atomic mass is 10.2. The van der Waals surface area contributed by atoms with Crippen molar-refractivity contribution in [3.8, 4) is 0 Å². The van der Waals surface area contributed by atoms with E-state index in [-0.39, 0.29) is 5.91 Å². The smallest absolute Gasteiger partial charge is 0.271 e. The van der Waals surface area contributed by atoms with Crippen LogP contribution in [0.5, 0.6) is 0 Å². The van der Waals surface area contributed by atoms with Crippen LogP contribution in [0.1, 0.15) is 16.1 Å². The Bertz CT molecular complexity index is 438. The molecule has 16 heavy (non-hydrogen) atoms. The zero-order valence-electron chi connectivity index (χ0n) is 8.68. The first-order valence-corrected chi connectivity index (χ1v) is 5.02. The number of hydrogen-bond donors (Lipinski definition) is 2. The van der Waals surface area contributed by atoms with Gasteiger partial charge < -0.3 is 10.3 Å². The average molecular weight is 216 g/mol. The summed E-state index contributed by atoms with van der Waals surface area (Å²) in [6, 6.07) is 1.98. The largest absolute Gasteiger partial charge is 0.367 e. The van der Waals surface area contributed by atoms with Crippen molar-refractivity contribution in [3.05, 3.63) is 48.3 Å². The highest BCUT2D eigenvalue weighted by Crippen LogP contribution is 1.96. The van der Waals surface area contributed by atoms with Crippen molar-refractivity contribution in [1.29, 1.82) is 0 Å². The lowest BCUT2D eigenvalue weighted by Gasteiger charge is -2.02. The molecular formula is C11H12N4O. The van der Waals surface area contributed by atoms with Crippen LogP contribution in [0, 0.1) is 0 Å². The number of nitrogens with zero attached hydrogens (tertiary/aromatic N) is 2. The Morgan fingerprint density at radius 2 is 2.38 bits per heavy atom. The number of aromatic nitrogens is 3. The molecule has 5 nitrogen and oxygen atoms in total. The van der Waals surface area contributed by atoms with Gasteiger partial charge in [0.2, 0.25) is 0 Å². The molecule has 1 amide bonds. The van der Waals surface area contributed by atoms with E-state index in [1.54, 1.807) is 0 Å². The standard InChI is InChI=1S/C11H12N4O/c16-11(10-8-13-5-6-14-10)15-4-2-9-1-3-12-7-9/h1,3,5-8,12H,2,4H2,(H,15,16). The second-order valence-electron chi connectivity index (χ2n) is 3.32. The van der Waals surface area contributed by atoms with Crippen LogP contribution in [0.3, 0.4) is 0 Å². The summed E-state index contributed by atoms with van der Waals surface area (Å²) in [6.45, 7) is 0.591. The van der Waals surface area contributed by atoms with Gasteiger partial charge in [0.25, 0.3) is 5.91 Å². The fraction of sp³-hybridized carbons (Fsp3) is 0.182. The van der Waals surface area contributed by atoms with Crippen molar-refractivity contribution in [2.75, 3.05) is 6.54 Å². The van der Waals surface area contributed by atoms with Gasteiger partial charge in [0.05, 0.1) is 6.20 Å². The predicted octanol–water partition coefficient (Wildman–Crippen LogP) is 0.777. The Balaban J connectivity index is 1.81. The summed E-state index contributed by atoms with van der Waals surface area (Å²) < 4.78 is 0. The predicted molar refractivity (Wildman–Crippen MR) is 58.9 cm³/mol. The first-order valence-electron chi connectivity index (χ1n) is 5.02. The number of carbonyl (C=O) groups excluding carboxylic acids is 1. The zero-order chi connectivity index (χ0) is 11.2. The molecule has 2 aromatic rings. The topological polar surface area (TPSA) is 70.7 Å². The lowest BCUT2D eigenvalue weighted by Crippen LogP contribution is -2.26. The van der Waals surface area contributed by atoms with Crippen molar-refractivity contribution >= 4 is 5.91 Å². The Morgan fingerprint density at radius 3 is 3.06 bits per heavy atom. The van der Waals surface area contributed by atoms with Crippen molar-refractivity contribution < 1.29 is 4.79 Å². The van der Waals surface area contributed by atoms with Gasteiger partial charge in [0.1, 0.15) is 5.69 Å². The second kappa shape index (κ2) is 5.06. The molecule has 0 aliphatic heterocycles. The van der Waals surface area contributed by atoms with E-state index in [9.17, 15) is 4.79 Å². The summed E-state index contributed by atoms with van der Waals surface area (Å²) >= 11 is 0. The summed E-state index contributed by atoms with van der Waals surface area (Å²) in [6.07, 6.45) is 9.06. The SMILES string of the molecule is O=C(NCCc1cc[nH]c1)c1cnccn1. The maximum absolute atomic E-state index is 11.6. The number of carbonyl (C=O) groups is 1. The molecule has 0 bridgehead atoms. The van der Waals surface area contributed by atoms with Crippen LogP contribution in [-0.2, 0) is 6.42 Å². The Hall–Kier alpha value is -2.17. The van der Waals surface area contributed by atoms with E-state index < -0.39 is 0 Å². The van der Waals surface area contributed by atoms with Gasteiger partial charge >= 0.3 is 0 Å².